The number of rotatable bonds is 6. The van der Waals surface area contributed by atoms with Crippen molar-refractivity contribution in [2.45, 2.75) is 36.7 Å². The fourth-order valence-corrected chi connectivity index (χ4v) is 4.11. The van der Waals surface area contributed by atoms with Gasteiger partial charge in [0.2, 0.25) is 0 Å². The molecule has 5 nitrogen and oxygen atoms in total. The third-order valence-corrected chi connectivity index (χ3v) is 6.15. The van der Waals surface area contributed by atoms with E-state index in [1.807, 2.05) is 6.07 Å². The Kier molecular flexibility index (Phi) is 6.29. The topological polar surface area (TPSA) is 66.5 Å². The number of carbonyl (C=O) groups is 1. The first-order valence-electron chi connectivity index (χ1n) is 9.30. The van der Waals surface area contributed by atoms with Gasteiger partial charge in [-0.3, -0.25) is 9.69 Å². The number of hydrogen-bond acceptors (Lipinski definition) is 4. The van der Waals surface area contributed by atoms with Gasteiger partial charge in [0.25, 0.3) is 5.91 Å². The maximum atomic E-state index is 12.4. The minimum atomic E-state index is -3.25. The second kappa shape index (κ2) is 8.67. The number of hydrogen-bond donors (Lipinski definition) is 1. The average molecular weight is 387 g/mol. The number of sulfone groups is 1. The smallest absolute Gasteiger partial charge is 0.251 e. The lowest BCUT2D eigenvalue weighted by atomic mass is 10.0. The van der Waals surface area contributed by atoms with Crippen LogP contribution in [-0.2, 0) is 16.4 Å². The van der Waals surface area contributed by atoms with Gasteiger partial charge in [-0.1, -0.05) is 36.8 Å². The largest absolute Gasteiger partial charge is 0.350 e. The van der Waals surface area contributed by atoms with Gasteiger partial charge in [-0.15, -0.1) is 0 Å². The maximum absolute atomic E-state index is 12.4. The highest BCUT2D eigenvalue weighted by Crippen LogP contribution is 2.19. The number of amides is 1. The molecule has 1 unspecified atom stereocenters. The molecular formula is C21H26N2O3S. The Hall–Kier alpha value is -2.18. The summed E-state index contributed by atoms with van der Waals surface area (Å²) in [6.45, 7) is 2.53. The Balaban J connectivity index is 1.59. The molecule has 144 valence electrons. The number of piperidine rings is 1. The second-order valence-electron chi connectivity index (χ2n) is 7.11. The summed E-state index contributed by atoms with van der Waals surface area (Å²) < 4.78 is 23.1. The minimum absolute atomic E-state index is 0.166. The number of likely N-dealkylation sites (tertiary alicyclic amines) is 1. The monoisotopic (exact) mass is 386 g/mol. The van der Waals surface area contributed by atoms with Crippen LogP contribution in [0.25, 0.3) is 0 Å². The molecule has 0 aliphatic carbocycles. The number of nitrogens with one attached hydrogen (secondary N) is 1. The lowest BCUT2D eigenvalue weighted by Crippen LogP contribution is -2.46. The molecule has 1 N–H and O–H groups in total. The Labute approximate surface area is 161 Å². The van der Waals surface area contributed by atoms with E-state index in [2.05, 4.69) is 34.5 Å². The molecule has 0 saturated carbocycles. The van der Waals surface area contributed by atoms with Crippen molar-refractivity contribution in [1.82, 2.24) is 10.2 Å². The van der Waals surface area contributed by atoms with Crippen molar-refractivity contribution in [1.29, 1.82) is 0 Å². The molecule has 0 aromatic heterocycles. The van der Waals surface area contributed by atoms with Crippen molar-refractivity contribution in [2.75, 3.05) is 19.3 Å². The zero-order valence-electron chi connectivity index (χ0n) is 15.6. The quantitative estimate of drug-likeness (QED) is 0.829. The van der Waals surface area contributed by atoms with Crippen molar-refractivity contribution >= 4 is 15.7 Å². The van der Waals surface area contributed by atoms with E-state index in [1.54, 1.807) is 12.1 Å². The molecule has 3 rings (SSSR count). The summed E-state index contributed by atoms with van der Waals surface area (Å²) in [6, 6.07) is 16.8. The van der Waals surface area contributed by atoms with Gasteiger partial charge in [-0.05, 0) is 49.2 Å². The van der Waals surface area contributed by atoms with E-state index in [9.17, 15) is 13.2 Å². The third-order valence-electron chi connectivity index (χ3n) is 5.02. The van der Waals surface area contributed by atoms with Crippen LogP contribution in [-0.4, -0.2) is 44.6 Å². The van der Waals surface area contributed by atoms with Crippen LogP contribution in [0.15, 0.2) is 59.5 Å². The fourth-order valence-electron chi connectivity index (χ4n) is 3.48. The van der Waals surface area contributed by atoms with Crippen molar-refractivity contribution in [3.05, 3.63) is 65.7 Å². The van der Waals surface area contributed by atoms with E-state index in [-0.39, 0.29) is 10.8 Å². The Bertz CT molecular complexity index is 864. The van der Waals surface area contributed by atoms with Crippen LogP contribution in [0, 0.1) is 0 Å². The molecule has 1 amide bonds. The maximum Gasteiger partial charge on any atom is 0.251 e. The zero-order valence-corrected chi connectivity index (χ0v) is 16.4. The van der Waals surface area contributed by atoms with E-state index >= 15 is 0 Å². The predicted molar refractivity (Wildman–Crippen MR) is 106 cm³/mol. The molecule has 1 saturated heterocycles. The van der Waals surface area contributed by atoms with Crippen molar-refractivity contribution in [3.8, 4) is 0 Å². The van der Waals surface area contributed by atoms with E-state index in [0.717, 1.165) is 25.8 Å². The van der Waals surface area contributed by atoms with E-state index in [1.165, 1.54) is 30.5 Å². The molecule has 1 fully saturated rings. The summed E-state index contributed by atoms with van der Waals surface area (Å²) in [5.74, 6) is -0.166. The molecule has 6 heteroatoms. The molecule has 1 aliphatic rings. The van der Waals surface area contributed by atoms with Crippen LogP contribution in [0.4, 0.5) is 0 Å². The van der Waals surface area contributed by atoms with Gasteiger partial charge in [-0.2, -0.15) is 0 Å². The molecule has 0 spiro atoms. The molecule has 27 heavy (non-hydrogen) atoms. The van der Waals surface area contributed by atoms with Gasteiger partial charge < -0.3 is 5.32 Å². The standard InChI is InChI=1S/C21H26N2O3S/c1-27(25,26)20-12-10-18(11-13-20)21(24)22-15-19-9-5-6-14-23(19)16-17-7-3-2-4-8-17/h2-4,7-8,10-13,19H,5-6,9,14-16H2,1H3,(H,22,24). The molecular weight excluding hydrogens is 360 g/mol. The Morgan fingerprint density at radius 3 is 2.44 bits per heavy atom. The molecule has 1 atom stereocenters. The van der Waals surface area contributed by atoms with Gasteiger partial charge >= 0.3 is 0 Å². The zero-order chi connectivity index (χ0) is 19.3. The van der Waals surface area contributed by atoms with Gasteiger partial charge in [0.15, 0.2) is 9.84 Å². The summed E-state index contributed by atoms with van der Waals surface area (Å²) >= 11 is 0. The highest BCUT2D eigenvalue weighted by Gasteiger charge is 2.23. The van der Waals surface area contributed by atoms with Gasteiger partial charge in [0.05, 0.1) is 4.90 Å². The number of carbonyl (C=O) groups excluding carboxylic acids is 1. The summed E-state index contributed by atoms with van der Waals surface area (Å²) in [5.41, 5.74) is 1.76. The summed E-state index contributed by atoms with van der Waals surface area (Å²) in [4.78, 5) is 15.1. The van der Waals surface area contributed by atoms with Crippen LogP contribution in [0.3, 0.4) is 0 Å². The molecule has 0 radical (unpaired) electrons. The van der Waals surface area contributed by atoms with Crippen molar-refractivity contribution in [3.63, 3.8) is 0 Å². The SMILES string of the molecule is CS(=O)(=O)c1ccc(C(=O)NCC2CCCCN2Cc2ccccc2)cc1. The van der Waals surface area contributed by atoms with Crippen LogP contribution in [0.2, 0.25) is 0 Å². The normalized spacial score (nSPS) is 18.2. The summed E-state index contributed by atoms with van der Waals surface area (Å²) in [7, 11) is -3.25. The number of nitrogens with zero attached hydrogens (tertiary/aromatic N) is 1. The molecule has 1 heterocycles. The predicted octanol–water partition coefficient (Wildman–Crippen LogP) is 2.87. The molecule has 0 bridgehead atoms. The number of benzene rings is 2. The van der Waals surface area contributed by atoms with Crippen molar-refractivity contribution < 1.29 is 13.2 Å². The van der Waals surface area contributed by atoms with Gasteiger partial charge in [0, 0.05) is 31.0 Å². The molecule has 1 aliphatic heterocycles. The van der Waals surface area contributed by atoms with Crippen LogP contribution in [0.5, 0.6) is 0 Å². The van der Waals surface area contributed by atoms with Crippen LogP contribution < -0.4 is 5.32 Å². The average Bonchev–Trinajstić information content (AvgIpc) is 2.67. The highest BCUT2D eigenvalue weighted by atomic mass is 32.2. The molecule has 2 aromatic carbocycles. The lowest BCUT2D eigenvalue weighted by molar-refractivity contribution is 0.0907. The minimum Gasteiger partial charge on any atom is -0.350 e. The Morgan fingerprint density at radius 1 is 1.07 bits per heavy atom. The first-order chi connectivity index (χ1) is 12.9. The first kappa shape index (κ1) is 19.6. The van der Waals surface area contributed by atoms with Crippen LogP contribution >= 0.6 is 0 Å². The fraction of sp³-hybridized carbons (Fsp3) is 0.381. The Morgan fingerprint density at radius 2 is 1.78 bits per heavy atom. The van der Waals surface area contributed by atoms with E-state index in [0.29, 0.717) is 18.2 Å². The van der Waals surface area contributed by atoms with Crippen LogP contribution in [0.1, 0.15) is 35.2 Å². The van der Waals surface area contributed by atoms with Crippen molar-refractivity contribution in [2.24, 2.45) is 0 Å². The molecule has 2 aromatic rings. The summed E-state index contributed by atoms with van der Waals surface area (Å²) in [5, 5.41) is 3.01. The first-order valence-corrected chi connectivity index (χ1v) is 11.2. The van der Waals surface area contributed by atoms with E-state index in [4.69, 9.17) is 0 Å². The van der Waals surface area contributed by atoms with Gasteiger partial charge in [-0.25, -0.2) is 8.42 Å². The summed E-state index contributed by atoms with van der Waals surface area (Å²) in [6.07, 6.45) is 4.59. The second-order valence-corrected chi connectivity index (χ2v) is 9.13. The third kappa shape index (κ3) is 5.40. The van der Waals surface area contributed by atoms with E-state index < -0.39 is 9.84 Å². The van der Waals surface area contributed by atoms with Gasteiger partial charge in [0.1, 0.15) is 0 Å². The lowest BCUT2D eigenvalue weighted by Gasteiger charge is -2.36. The highest BCUT2D eigenvalue weighted by molar-refractivity contribution is 7.90.